The maximum absolute atomic E-state index is 6.85. The summed E-state index contributed by atoms with van der Waals surface area (Å²) in [7, 11) is 0. The highest BCUT2D eigenvalue weighted by Crippen LogP contribution is 2.52. The maximum Gasteiger partial charge on any atom is 0.137 e. The van der Waals surface area contributed by atoms with Gasteiger partial charge in [0, 0.05) is 46.3 Å². The van der Waals surface area contributed by atoms with E-state index in [2.05, 4.69) is 117 Å². The minimum Gasteiger partial charge on any atom is -0.457 e. The molecule has 0 unspecified atom stereocenters. The molecule has 284 valence electrons. The van der Waals surface area contributed by atoms with Gasteiger partial charge in [0.05, 0.1) is 22.4 Å². The Morgan fingerprint density at radius 3 is 2.27 bits per heavy atom. The summed E-state index contributed by atoms with van der Waals surface area (Å²) in [4.78, 5) is 4.79. The van der Waals surface area contributed by atoms with E-state index in [-0.39, 0.29) is 0 Å². The molecule has 3 heterocycles. The molecule has 0 amide bonds. The first-order valence-electron chi connectivity index (χ1n) is 21.4. The standard InChI is InChI=1S/C50H58N4O/c1-32(2)38-28-39(30-41(29-38)55-40-23-24-45-44-19-12-13-22-46(44)53(47(45)31-40)48-27-33(3)25-26-51-48)54-35(5)49(34(4)52-54)50-42(36-15-8-6-9-16-36)20-14-21-43(50)37-17-10-7-11-18-37/h12-13,19-20,22-32,36-37,43,50H,6-11,14-18,21H2,1-5H3/t43-,50-/m1/s1. The fourth-order valence-electron chi connectivity index (χ4n) is 10.8. The molecule has 0 spiro atoms. The molecular weight excluding hydrogens is 673 g/mol. The fraction of sp³-hybridized carbons (Fsp3) is 0.440. The number of benzene rings is 3. The average molecular weight is 731 g/mol. The Labute approximate surface area is 327 Å². The van der Waals surface area contributed by atoms with Gasteiger partial charge in [0.1, 0.15) is 17.3 Å². The Bertz CT molecular complexity index is 2360. The molecule has 3 aromatic heterocycles. The normalized spacial score (nSPS) is 20.1. The van der Waals surface area contributed by atoms with Crippen molar-refractivity contribution in [3.05, 3.63) is 119 Å². The summed E-state index contributed by atoms with van der Waals surface area (Å²) < 4.78 is 11.4. The first kappa shape index (κ1) is 36.0. The van der Waals surface area contributed by atoms with Gasteiger partial charge in [-0.3, -0.25) is 4.57 Å². The number of ether oxygens (including phenoxy) is 1. The molecule has 0 radical (unpaired) electrons. The van der Waals surface area contributed by atoms with E-state index < -0.39 is 0 Å². The van der Waals surface area contributed by atoms with Crippen molar-refractivity contribution < 1.29 is 4.74 Å². The predicted molar refractivity (Wildman–Crippen MR) is 227 cm³/mol. The maximum atomic E-state index is 6.85. The van der Waals surface area contributed by atoms with Gasteiger partial charge in [-0.2, -0.15) is 5.10 Å². The second-order valence-corrected chi connectivity index (χ2v) is 17.4. The zero-order valence-corrected chi connectivity index (χ0v) is 33.7. The van der Waals surface area contributed by atoms with E-state index in [1.165, 1.54) is 116 Å². The SMILES string of the molecule is Cc1ccnc(-n2c3ccccc3c3ccc(Oc4cc(C(C)C)cc(-n5nc(C)c([C@@H]6C(C7CCCCC7)=CCC[C@@H]6C6CCCCC6)c5C)c4)cc32)c1. The first-order valence-corrected chi connectivity index (χ1v) is 21.4. The molecule has 0 saturated heterocycles. The third-order valence-electron chi connectivity index (χ3n) is 13.5. The molecule has 9 rings (SSSR count). The van der Waals surface area contributed by atoms with Crippen molar-refractivity contribution in [1.29, 1.82) is 0 Å². The van der Waals surface area contributed by atoms with Crippen molar-refractivity contribution in [1.82, 2.24) is 19.3 Å². The number of nitrogens with zero attached hydrogens (tertiary/aromatic N) is 4. The van der Waals surface area contributed by atoms with Crippen LogP contribution in [-0.4, -0.2) is 19.3 Å². The van der Waals surface area contributed by atoms with Crippen molar-refractivity contribution in [3.63, 3.8) is 0 Å². The van der Waals surface area contributed by atoms with Crippen LogP contribution in [0.4, 0.5) is 0 Å². The largest absolute Gasteiger partial charge is 0.457 e. The number of pyridine rings is 1. The number of aryl methyl sites for hydroxylation is 2. The summed E-state index contributed by atoms with van der Waals surface area (Å²) in [6, 6.07) is 26.0. The minimum atomic E-state index is 0.339. The lowest BCUT2D eigenvalue weighted by molar-refractivity contribution is 0.198. The lowest BCUT2D eigenvalue weighted by Crippen LogP contribution is -2.31. The van der Waals surface area contributed by atoms with Crippen LogP contribution in [0.2, 0.25) is 0 Å². The van der Waals surface area contributed by atoms with Crippen LogP contribution >= 0.6 is 0 Å². The van der Waals surface area contributed by atoms with Crippen LogP contribution in [0.3, 0.4) is 0 Å². The molecule has 3 aliphatic rings. The zero-order valence-electron chi connectivity index (χ0n) is 33.7. The highest BCUT2D eigenvalue weighted by molar-refractivity contribution is 6.09. The summed E-state index contributed by atoms with van der Waals surface area (Å²) >= 11 is 0. The number of fused-ring (bicyclic) bond motifs is 3. The number of rotatable bonds is 8. The van der Waals surface area contributed by atoms with Crippen LogP contribution in [0.25, 0.3) is 33.3 Å². The van der Waals surface area contributed by atoms with E-state index in [0.717, 1.165) is 51.8 Å². The molecular formula is C50H58N4O. The molecule has 0 N–H and O–H groups in total. The molecule has 2 saturated carbocycles. The van der Waals surface area contributed by atoms with Crippen LogP contribution in [0.15, 0.2) is 90.6 Å². The van der Waals surface area contributed by atoms with Crippen LogP contribution in [0.5, 0.6) is 11.5 Å². The van der Waals surface area contributed by atoms with E-state index in [1.807, 2.05) is 12.3 Å². The Morgan fingerprint density at radius 1 is 0.727 bits per heavy atom. The summed E-state index contributed by atoms with van der Waals surface area (Å²) in [6.07, 6.45) is 21.0. The van der Waals surface area contributed by atoms with Crippen molar-refractivity contribution in [2.75, 3.05) is 0 Å². The summed E-state index contributed by atoms with van der Waals surface area (Å²) in [6.45, 7) is 11.3. The van der Waals surface area contributed by atoms with Crippen LogP contribution in [0.1, 0.15) is 131 Å². The number of para-hydroxylation sites is 1. The average Bonchev–Trinajstić information content (AvgIpc) is 3.70. The second-order valence-electron chi connectivity index (χ2n) is 17.4. The number of hydrogen-bond acceptors (Lipinski definition) is 3. The third-order valence-corrected chi connectivity index (χ3v) is 13.5. The summed E-state index contributed by atoms with van der Waals surface area (Å²) in [5.41, 5.74) is 11.5. The quantitative estimate of drug-likeness (QED) is 0.146. The van der Waals surface area contributed by atoms with Crippen molar-refractivity contribution in [2.24, 2.45) is 17.8 Å². The topological polar surface area (TPSA) is 44.9 Å². The second kappa shape index (κ2) is 15.1. The van der Waals surface area contributed by atoms with Gasteiger partial charge in [-0.15, -0.1) is 0 Å². The number of aromatic nitrogens is 4. The van der Waals surface area contributed by atoms with Gasteiger partial charge >= 0.3 is 0 Å². The molecule has 3 aromatic carbocycles. The molecule has 2 atom stereocenters. The summed E-state index contributed by atoms with van der Waals surface area (Å²) in [5.74, 6) is 5.67. The van der Waals surface area contributed by atoms with E-state index in [1.54, 1.807) is 5.57 Å². The van der Waals surface area contributed by atoms with Crippen molar-refractivity contribution in [2.45, 2.75) is 124 Å². The van der Waals surface area contributed by atoms with E-state index >= 15 is 0 Å². The molecule has 6 aromatic rings. The highest BCUT2D eigenvalue weighted by Gasteiger charge is 2.40. The van der Waals surface area contributed by atoms with Gasteiger partial charge in [-0.05, 0) is 124 Å². The smallest absolute Gasteiger partial charge is 0.137 e. The lowest BCUT2D eigenvalue weighted by Gasteiger charge is -2.43. The van der Waals surface area contributed by atoms with Gasteiger partial charge in [0.2, 0.25) is 0 Å². The van der Waals surface area contributed by atoms with Crippen LogP contribution in [0, 0.1) is 38.5 Å². The van der Waals surface area contributed by atoms with E-state index in [4.69, 9.17) is 14.8 Å². The zero-order chi connectivity index (χ0) is 37.6. The van der Waals surface area contributed by atoms with Gasteiger partial charge in [0.15, 0.2) is 0 Å². The van der Waals surface area contributed by atoms with Crippen molar-refractivity contribution in [3.8, 4) is 23.0 Å². The molecule has 5 nitrogen and oxygen atoms in total. The predicted octanol–water partition coefficient (Wildman–Crippen LogP) is 13.8. The first-order chi connectivity index (χ1) is 26.8. The van der Waals surface area contributed by atoms with Gasteiger partial charge < -0.3 is 4.74 Å². The molecule has 0 bridgehead atoms. The fourth-order valence-corrected chi connectivity index (χ4v) is 10.8. The monoisotopic (exact) mass is 730 g/mol. The Morgan fingerprint density at radius 2 is 1.49 bits per heavy atom. The van der Waals surface area contributed by atoms with Gasteiger partial charge in [-0.1, -0.05) is 95.1 Å². The number of allylic oxidation sites excluding steroid dienone is 2. The van der Waals surface area contributed by atoms with Gasteiger partial charge in [0.25, 0.3) is 0 Å². The van der Waals surface area contributed by atoms with Gasteiger partial charge in [-0.25, -0.2) is 9.67 Å². The number of hydrogen-bond donors (Lipinski definition) is 0. The summed E-state index contributed by atoms with van der Waals surface area (Å²) in [5, 5.41) is 7.80. The lowest BCUT2D eigenvalue weighted by atomic mass is 9.62. The van der Waals surface area contributed by atoms with E-state index in [0.29, 0.717) is 11.8 Å². The molecule has 3 aliphatic carbocycles. The highest BCUT2D eigenvalue weighted by atomic mass is 16.5. The Hall–Kier alpha value is -4.64. The van der Waals surface area contributed by atoms with Crippen LogP contribution in [-0.2, 0) is 0 Å². The van der Waals surface area contributed by atoms with E-state index in [9.17, 15) is 0 Å². The molecule has 5 heteroatoms. The van der Waals surface area contributed by atoms with Crippen LogP contribution < -0.4 is 4.74 Å². The molecule has 55 heavy (non-hydrogen) atoms. The minimum absolute atomic E-state index is 0.339. The third kappa shape index (κ3) is 6.83. The van der Waals surface area contributed by atoms with Crippen molar-refractivity contribution >= 4 is 21.8 Å². The Balaban J connectivity index is 1.11. The molecule has 0 aliphatic heterocycles. The Kier molecular flexibility index (Phi) is 9.91. The molecule has 2 fully saturated rings.